The molecule has 0 aliphatic carbocycles. The molecule has 0 spiro atoms. The average Bonchev–Trinajstić information content (AvgIpc) is 3.18. The second kappa shape index (κ2) is 7.05. The van der Waals surface area contributed by atoms with Crippen molar-refractivity contribution in [2.24, 2.45) is 11.8 Å². The zero-order valence-corrected chi connectivity index (χ0v) is 16.6. The molecule has 1 aromatic heterocycles. The second-order valence-corrected chi connectivity index (χ2v) is 9.20. The summed E-state index contributed by atoms with van der Waals surface area (Å²) >= 11 is 2.82. The summed E-state index contributed by atoms with van der Waals surface area (Å²) in [4.78, 5) is 30.9. The number of aromatic nitrogens is 1. The van der Waals surface area contributed by atoms with Gasteiger partial charge in [0.1, 0.15) is 5.70 Å². The molecular weight excluding hydrogens is 386 g/mol. The van der Waals surface area contributed by atoms with E-state index in [0.717, 1.165) is 29.5 Å². The van der Waals surface area contributed by atoms with Crippen LogP contribution in [0.25, 0.3) is 5.57 Å². The molecule has 9 heteroatoms. The third-order valence-electron chi connectivity index (χ3n) is 5.38. The number of hydrogen-bond acceptors (Lipinski definition) is 7. The zero-order chi connectivity index (χ0) is 19.3. The summed E-state index contributed by atoms with van der Waals surface area (Å²) in [5.41, 5.74) is 2.18. The van der Waals surface area contributed by atoms with Crippen LogP contribution in [0.5, 0.6) is 0 Å². The molecule has 3 aliphatic rings. The largest absolute Gasteiger partial charge is 0.477 e. The third-order valence-corrected chi connectivity index (χ3v) is 7.61. The fourth-order valence-corrected chi connectivity index (χ4v) is 6.17. The number of thiazole rings is 1. The average molecular weight is 408 g/mol. The minimum absolute atomic E-state index is 0.0391. The summed E-state index contributed by atoms with van der Waals surface area (Å²) in [6.07, 6.45) is 2.26. The highest BCUT2D eigenvalue weighted by molar-refractivity contribution is 8.04. The first-order valence-electron chi connectivity index (χ1n) is 8.92. The molecule has 0 saturated carbocycles. The number of fused-ring (bicyclic) bond motifs is 1. The Labute approximate surface area is 165 Å². The highest BCUT2D eigenvalue weighted by Crippen LogP contribution is 2.52. The van der Waals surface area contributed by atoms with E-state index < -0.39 is 18.0 Å². The first-order valence-corrected chi connectivity index (χ1v) is 10.6. The van der Waals surface area contributed by atoms with Gasteiger partial charge in [0.15, 0.2) is 4.34 Å². The van der Waals surface area contributed by atoms with E-state index in [9.17, 15) is 19.8 Å². The van der Waals surface area contributed by atoms with Crippen LogP contribution in [0.2, 0.25) is 0 Å². The summed E-state index contributed by atoms with van der Waals surface area (Å²) in [5.74, 6) is -2.11. The topological polar surface area (TPSA) is 103 Å². The number of aliphatic hydroxyl groups is 1. The Kier molecular flexibility index (Phi) is 4.87. The minimum Gasteiger partial charge on any atom is -0.477 e. The number of nitrogens with one attached hydrogen (secondary N) is 1. The normalized spacial score (nSPS) is 28.7. The number of amides is 1. The molecule has 1 fully saturated rings. The van der Waals surface area contributed by atoms with Crippen LogP contribution in [0, 0.1) is 11.8 Å². The molecule has 4 rings (SSSR count). The van der Waals surface area contributed by atoms with Gasteiger partial charge in [-0.1, -0.05) is 24.8 Å². The third kappa shape index (κ3) is 3.02. The number of aliphatic carboxylic acids is 1. The van der Waals surface area contributed by atoms with Crippen molar-refractivity contribution in [3.05, 3.63) is 27.8 Å². The van der Waals surface area contributed by atoms with E-state index in [1.54, 1.807) is 6.92 Å². The predicted molar refractivity (Wildman–Crippen MR) is 103 cm³/mol. The second-order valence-electron chi connectivity index (χ2n) is 7.06. The van der Waals surface area contributed by atoms with Crippen LogP contribution in [-0.4, -0.2) is 57.2 Å². The number of carboxylic acids is 1. The number of rotatable bonds is 5. The number of β-lactam (4-membered cyclic amide) rings is 1. The highest BCUT2D eigenvalue weighted by atomic mass is 32.2. The van der Waals surface area contributed by atoms with E-state index in [1.165, 1.54) is 33.6 Å². The van der Waals surface area contributed by atoms with Crippen molar-refractivity contribution in [2.45, 2.75) is 36.8 Å². The smallest absolute Gasteiger partial charge is 0.353 e. The Morgan fingerprint density at radius 1 is 1.52 bits per heavy atom. The molecule has 1 saturated heterocycles. The standard InChI is InChI=1S/C18H21N3O4S2/c1-8-13-12(9(2)22)16(23)21(13)14(17(24)25)15(8)27-18-20-11(7-26-18)10-3-5-19-6-4-10/h3,7-9,12-13,19,22H,4-6H2,1-2H3,(H,24,25)/t8-,9-,12-,13-/m1/s1. The van der Waals surface area contributed by atoms with Gasteiger partial charge in [0.2, 0.25) is 5.91 Å². The van der Waals surface area contributed by atoms with Gasteiger partial charge in [-0.15, -0.1) is 11.3 Å². The Morgan fingerprint density at radius 3 is 2.93 bits per heavy atom. The Bertz CT molecular complexity index is 861. The molecule has 7 nitrogen and oxygen atoms in total. The van der Waals surface area contributed by atoms with Crippen molar-refractivity contribution in [1.82, 2.24) is 15.2 Å². The van der Waals surface area contributed by atoms with Crippen molar-refractivity contribution in [2.75, 3.05) is 13.1 Å². The molecule has 4 heterocycles. The van der Waals surface area contributed by atoms with Crippen molar-refractivity contribution in [3.63, 3.8) is 0 Å². The highest BCUT2D eigenvalue weighted by Gasteiger charge is 2.60. The lowest BCUT2D eigenvalue weighted by Gasteiger charge is -2.46. The Balaban J connectivity index is 1.61. The summed E-state index contributed by atoms with van der Waals surface area (Å²) in [7, 11) is 0. The molecule has 4 atom stereocenters. The van der Waals surface area contributed by atoms with Gasteiger partial charge in [0.05, 0.1) is 23.8 Å². The quantitative estimate of drug-likeness (QED) is 0.639. The van der Waals surface area contributed by atoms with Gasteiger partial charge in [-0.05, 0) is 25.5 Å². The van der Waals surface area contributed by atoms with Gasteiger partial charge < -0.3 is 20.4 Å². The first kappa shape index (κ1) is 18.7. The number of carbonyl (C=O) groups is 2. The van der Waals surface area contributed by atoms with E-state index in [4.69, 9.17) is 0 Å². The molecular formula is C18H21N3O4S2. The lowest BCUT2D eigenvalue weighted by molar-refractivity contribution is -0.163. The van der Waals surface area contributed by atoms with E-state index in [0.29, 0.717) is 4.91 Å². The van der Waals surface area contributed by atoms with Crippen LogP contribution in [0.15, 0.2) is 26.4 Å². The summed E-state index contributed by atoms with van der Waals surface area (Å²) in [5, 5.41) is 24.9. The van der Waals surface area contributed by atoms with E-state index in [2.05, 4.69) is 16.4 Å². The number of thioether (sulfide) groups is 1. The van der Waals surface area contributed by atoms with E-state index >= 15 is 0 Å². The van der Waals surface area contributed by atoms with Crippen LogP contribution in [0.4, 0.5) is 0 Å². The SMILES string of the molecule is C[C@@H](O)[C@H]1C(=O)N2C(C(=O)O)=C(Sc3nc(C4=CCNCC4)cs3)[C@H](C)[C@H]12. The number of nitrogens with zero attached hydrogens (tertiary/aromatic N) is 2. The lowest BCUT2D eigenvalue weighted by Crippen LogP contribution is -2.63. The van der Waals surface area contributed by atoms with Gasteiger partial charge in [0, 0.05) is 22.7 Å². The Hall–Kier alpha value is -1.68. The molecule has 0 radical (unpaired) electrons. The van der Waals surface area contributed by atoms with Crippen LogP contribution in [0.3, 0.4) is 0 Å². The number of hydrogen-bond donors (Lipinski definition) is 3. The van der Waals surface area contributed by atoms with Crippen molar-refractivity contribution in [3.8, 4) is 0 Å². The van der Waals surface area contributed by atoms with E-state index in [-0.39, 0.29) is 23.6 Å². The molecule has 1 aromatic rings. The fourth-order valence-electron chi connectivity index (χ4n) is 4.06. The van der Waals surface area contributed by atoms with Crippen molar-refractivity contribution >= 4 is 40.5 Å². The van der Waals surface area contributed by atoms with Gasteiger partial charge >= 0.3 is 5.97 Å². The van der Waals surface area contributed by atoms with E-state index in [1.807, 2.05) is 12.3 Å². The molecule has 0 unspecified atom stereocenters. The lowest BCUT2D eigenvalue weighted by atomic mass is 9.79. The monoisotopic (exact) mass is 407 g/mol. The molecule has 0 bridgehead atoms. The van der Waals surface area contributed by atoms with Crippen LogP contribution in [-0.2, 0) is 9.59 Å². The minimum atomic E-state index is -1.11. The predicted octanol–water partition coefficient (Wildman–Crippen LogP) is 1.77. The summed E-state index contributed by atoms with van der Waals surface area (Å²) in [6, 6.07) is -0.294. The zero-order valence-electron chi connectivity index (χ0n) is 15.0. The Morgan fingerprint density at radius 2 is 2.30 bits per heavy atom. The molecule has 3 N–H and O–H groups in total. The van der Waals surface area contributed by atoms with Gasteiger partial charge in [-0.25, -0.2) is 9.78 Å². The number of carbonyl (C=O) groups excluding carboxylic acids is 1. The molecule has 1 amide bonds. The van der Waals surface area contributed by atoms with Crippen molar-refractivity contribution in [1.29, 1.82) is 0 Å². The maximum atomic E-state index is 12.4. The van der Waals surface area contributed by atoms with Gasteiger partial charge in [-0.2, -0.15) is 0 Å². The van der Waals surface area contributed by atoms with Gasteiger partial charge in [-0.3, -0.25) is 4.79 Å². The maximum absolute atomic E-state index is 12.4. The molecule has 144 valence electrons. The van der Waals surface area contributed by atoms with Gasteiger partial charge in [0.25, 0.3) is 0 Å². The maximum Gasteiger partial charge on any atom is 0.353 e. The van der Waals surface area contributed by atoms with Crippen LogP contribution >= 0.6 is 23.1 Å². The number of aliphatic hydroxyl groups excluding tert-OH is 1. The fraction of sp³-hybridized carbons (Fsp3) is 0.500. The summed E-state index contributed by atoms with van der Waals surface area (Å²) < 4.78 is 0.772. The summed E-state index contributed by atoms with van der Waals surface area (Å²) in [6.45, 7) is 5.26. The number of carboxylic acid groups (broad SMARTS) is 1. The van der Waals surface area contributed by atoms with Crippen LogP contribution in [0.1, 0.15) is 26.0 Å². The molecule has 3 aliphatic heterocycles. The van der Waals surface area contributed by atoms with Crippen LogP contribution < -0.4 is 5.32 Å². The van der Waals surface area contributed by atoms with Crippen molar-refractivity contribution < 1.29 is 19.8 Å². The molecule has 27 heavy (non-hydrogen) atoms. The molecule has 0 aromatic carbocycles. The first-order chi connectivity index (χ1) is 12.9.